The summed E-state index contributed by atoms with van der Waals surface area (Å²) in [6.45, 7) is 1.87. The molecule has 1 heterocycles. The van der Waals surface area contributed by atoms with Crippen LogP contribution in [0.2, 0.25) is 0 Å². The summed E-state index contributed by atoms with van der Waals surface area (Å²) >= 11 is 0. The Morgan fingerprint density at radius 1 is 1.31 bits per heavy atom. The van der Waals surface area contributed by atoms with E-state index in [4.69, 9.17) is 5.73 Å². The van der Waals surface area contributed by atoms with Crippen molar-refractivity contribution in [3.05, 3.63) is 12.4 Å². The van der Waals surface area contributed by atoms with Gasteiger partial charge in [-0.15, -0.1) is 0 Å². The Morgan fingerprint density at radius 2 is 2.08 bits per heavy atom. The molecule has 0 saturated heterocycles. The van der Waals surface area contributed by atoms with Gasteiger partial charge in [0.05, 0.1) is 6.67 Å². The fourth-order valence-corrected chi connectivity index (χ4v) is 2.32. The van der Waals surface area contributed by atoms with Crippen molar-refractivity contribution in [3.63, 3.8) is 0 Å². The molecular formula is C10H19N3. The Kier molecular flexibility index (Phi) is 2.74. The predicted octanol–water partition coefficient (Wildman–Crippen LogP) is 0.838. The van der Waals surface area contributed by atoms with Gasteiger partial charge in [0, 0.05) is 18.4 Å². The smallest absolute Gasteiger partial charge is 0.0870 e. The van der Waals surface area contributed by atoms with Gasteiger partial charge in [0.1, 0.15) is 0 Å². The first kappa shape index (κ1) is 8.88. The van der Waals surface area contributed by atoms with E-state index in [1.54, 1.807) is 0 Å². The van der Waals surface area contributed by atoms with Crippen LogP contribution in [0.25, 0.3) is 0 Å². The van der Waals surface area contributed by atoms with Crippen molar-refractivity contribution in [1.29, 1.82) is 0 Å². The van der Waals surface area contributed by atoms with Crippen LogP contribution in [0.3, 0.4) is 0 Å². The van der Waals surface area contributed by atoms with Gasteiger partial charge in [-0.2, -0.15) is 0 Å². The second-order valence-corrected chi connectivity index (χ2v) is 4.10. The Balaban J connectivity index is 1.80. The van der Waals surface area contributed by atoms with Crippen LogP contribution >= 0.6 is 0 Å². The number of nitrogens with two attached hydrogens (primary N) is 1. The van der Waals surface area contributed by atoms with Crippen molar-refractivity contribution < 1.29 is 0 Å². The third-order valence-corrected chi connectivity index (χ3v) is 3.28. The number of hydrogen-bond acceptors (Lipinski definition) is 3. The maximum absolute atomic E-state index is 5.66. The van der Waals surface area contributed by atoms with Crippen LogP contribution in [0, 0.1) is 5.92 Å². The van der Waals surface area contributed by atoms with Gasteiger partial charge in [-0.05, 0) is 38.1 Å². The summed E-state index contributed by atoms with van der Waals surface area (Å²) in [4.78, 5) is 2.41. The molecule has 1 aliphatic heterocycles. The number of hydrogen-bond donors (Lipinski definition) is 2. The predicted molar refractivity (Wildman–Crippen MR) is 53.8 cm³/mol. The Bertz CT molecular complexity index is 183. The molecule has 0 amide bonds. The van der Waals surface area contributed by atoms with E-state index in [1.165, 1.54) is 25.7 Å². The highest BCUT2D eigenvalue weighted by atomic mass is 15.3. The Labute approximate surface area is 80.0 Å². The van der Waals surface area contributed by atoms with Crippen LogP contribution in [0.4, 0.5) is 0 Å². The average molecular weight is 181 g/mol. The summed E-state index contributed by atoms with van der Waals surface area (Å²) in [6.07, 6.45) is 9.46. The standard InChI is InChI=1S/C10H19N3/c11-7-9-1-3-10(4-2-9)13-6-5-12-8-13/h5-6,9-10,12H,1-4,7-8,11H2. The Morgan fingerprint density at radius 3 is 2.62 bits per heavy atom. The maximum atomic E-state index is 5.66. The minimum Gasteiger partial charge on any atom is -0.373 e. The monoisotopic (exact) mass is 181 g/mol. The van der Waals surface area contributed by atoms with Crippen LogP contribution in [-0.2, 0) is 0 Å². The molecular weight excluding hydrogens is 162 g/mol. The van der Waals surface area contributed by atoms with E-state index in [-0.39, 0.29) is 0 Å². The van der Waals surface area contributed by atoms with Crippen molar-refractivity contribution in [1.82, 2.24) is 10.2 Å². The normalized spacial score (nSPS) is 33.5. The molecule has 3 nitrogen and oxygen atoms in total. The van der Waals surface area contributed by atoms with Crippen molar-refractivity contribution >= 4 is 0 Å². The lowest BCUT2D eigenvalue weighted by molar-refractivity contribution is 0.194. The van der Waals surface area contributed by atoms with Crippen molar-refractivity contribution in [2.75, 3.05) is 13.2 Å². The van der Waals surface area contributed by atoms with Gasteiger partial charge in [0.25, 0.3) is 0 Å². The molecule has 2 rings (SSSR count). The van der Waals surface area contributed by atoms with Gasteiger partial charge in [-0.3, -0.25) is 0 Å². The molecule has 0 aromatic rings. The summed E-state index contributed by atoms with van der Waals surface area (Å²) in [5.74, 6) is 0.788. The molecule has 0 spiro atoms. The third-order valence-electron chi connectivity index (χ3n) is 3.28. The minimum atomic E-state index is 0.758. The summed E-state index contributed by atoms with van der Waals surface area (Å²) in [5, 5.41) is 3.22. The van der Waals surface area contributed by atoms with Gasteiger partial charge in [0.2, 0.25) is 0 Å². The van der Waals surface area contributed by atoms with E-state index >= 15 is 0 Å². The van der Waals surface area contributed by atoms with Gasteiger partial charge in [-0.25, -0.2) is 0 Å². The van der Waals surface area contributed by atoms with E-state index < -0.39 is 0 Å². The largest absolute Gasteiger partial charge is 0.373 e. The van der Waals surface area contributed by atoms with E-state index in [0.29, 0.717) is 0 Å². The maximum Gasteiger partial charge on any atom is 0.0870 e. The minimum absolute atomic E-state index is 0.758. The summed E-state index contributed by atoms with van der Waals surface area (Å²) in [6, 6.07) is 0.758. The van der Waals surface area contributed by atoms with Gasteiger partial charge in [-0.1, -0.05) is 0 Å². The first-order chi connectivity index (χ1) is 6.40. The fourth-order valence-electron chi connectivity index (χ4n) is 2.32. The molecule has 3 heteroatoms. The molecule has 3 N–H and O–H groups in total. The second-order valence-electron chi connectivity index (χ2n) is 4.10. The molecule has 0 unspecified atom stereocenters. The third kappa shape index (κ3) is 1.97. The molecule has 0 aromatic heterocycles. The van der Waals surface area contributed by atoms with Crippen LogP contribution in [0.5, 0.6) is 0 Å². The highest BCUT2D eigenvalue weighted by Crippen LogP contribution is 2.27. The molecule has 0 radical (unpaired) electrons. The molecule has 1 aliphatic carbocycles. The van der Waals surface area contributed by atoms with E-state index in [1.807, 2.05) is 6.20 Å². The fraction of sp³-hybridized carbons (Fsp3) is 0.800. The van der Waals surface area contributed by atoms with Crippen LogP contribution in [0.1, 0.15) is 25.7 Å². The number of nitrogens with one attached hydrogen (secondary N) is 1. The quantitative estimate of drug-likeness (QED) is 0.663. The molecule has 1 saturated carbocycles. The second kappa shape index (κ2) is 4.01. The summed E-state index contributed by atoms with van der Waals surface area (Å²) in [7, 11) is 0. The van der Waals surface area contributed by atoms with E-state index in [2.05, 4.69) is 16.4 Å². The molecule has 0 aromatic carbocycles. The zero-order chi connectivity index (χ0) is 9.10. The van der Waals surface area contributed by atoms with Crippen LogP contribution < -0.4 is 11.1 Å². The van der Waals surface area contributed by atoms with Crippen molar-refractivity contribution in [2.45, 2.75) is 31.7 Å². The first-order valence-electron chi connectivity index (χ1n) is 5.26. The molecule has 0 atom stereocenters. The molecule has 2 aliphatic rings. The van der Waals surface area contributed by atoms with Gasteiger partial charge >= 0.3 is 0 Å². The number of rotatable bonds is 2. The topological polar surface area (TPSA) is 41.3 Å². The Hall–Kier alpha value is -0.700. The highest BCUT2D eigenvalue weighted by molar-refractivity contribution is 4.93. The zero-order valence-electron chi connectivity index (χ0n) is 8.08. The van der Waals surface area contributed by atoms with Gasteiger partial charge in [0.15, 0.2) is 0 Å². The van der Waals surface area contributed by atoms with Crippen LogP contribution in [0.15, 0.2) is 12.4 Å². The van der Waals surface area contributed by atoms with Crippen molar-refractivity contribution in [2.24, 2.45) is 11.7 Å². The lowest BCUT2D eigenvalue weighted by Gasteiger charge is -2.33. The zero-order valence-corrected chi connectivity index (χ0v) is 8.08. The first-order valence-corrected chi connectivity index (χ1v) is 5.26. The molecule has 1 fully saturated rings. The van der Waals surface area contributed by atoms with E-state index in [9.17, 15) is 0 Å². The lowest BCUT2D eigenvalue weighted by atomic mass is 9.85. The summed E-state index contributed by atoms with van der Waals surface area (Å²) < 4.78 is 0. The summed E-state index contributed by atoms with van der Waals surface area (Å²) in [5.41, 5.74) is 5.66. The SMILES string of the molecule is NCC1CCC(N2C=CNC2)CC1. The number of nitrogens with zero attached hydrogens (tertiary/aromatic N) is 1. The molecule has 13 heavy (non-hydrogen) atoms. The highest BCUT2D eigenvalue weighted by Gasteiger charge is 2.24. The van der Waals surface area contributed by atoms with Crippen LogP contribution in [-0.4, -0.2) is 24.2 Å². The molecule has 74 valence electrons. The van der Waals surface area contributed by atoms with Gasteiger partial charge < -0.3 is 16.0 Å². The average Bonchev–Trinajstić information content (AvgIpc) is 2.71. The van der Waals surface area contributed by atoms with Crippen molar-refractivity contribution in [3.8, 4) is 0 Å². The molecule has 0 bridgehead atoms. The van der Waals surface area contributed by atoms with E-state index in [0.717, 1.165) is 25.2 Å². The lowest BCUT2D eigenvalue weighted by Crippen LogP contribution is -2.36.